The largest absolute Gasteiger partial charge is 0.341 e. The van der Waals surface area contributed by atoms with Gasteiger partial charge in [0, 0.05) is 37.9 Å². The molecule has 1 aliphatic heterocycles. The molecule has 0 bridgehead atoms. The molecular formula is C13H19N5OS. The lowest BCUT2D eigenvalue weighted by molar-refractivity contribution is 0.236. The van der Waals surface area contributed by atoms with Gasteiger partial charge in [0.05, 0.1) is 0 Å². The predicted octanol–water partition coefficient (Wildman–Crippen LogP) is 0.927. The molecule has 1 unspecified atom stereocenters. The number of anilines is 1. The minimum atomic E-state index is -0.118. The third-order valence-electron chi connectivity index (χ3n) is 3.80. The molecule has 2 aromatic heterocycles. The second-order valence-corrected chi connectivity index (χ2v) is 6.56. The number of hydrogen-bond acceptors (Lipinski definition) is 6. The van der Waals surface area contributed by atoms with Gasteiger partial charge in [-0.3, -0.25) is 4.79 Å². The van der Waals surface area contributed by atoms with Gasteiger partial charge in [0.15, 0.2) is 0 Å². The number of piperazine rings is 1. The van der Waals surface area contributed by atoms with Crippen LogP contribution in [0.25, 0.3) is 4.96 Å². The third kappa shape index (κ3) is 2.31. The summed E-state index contributed by atoms with van der Waals surface area (Å²) in [6.07, 6.45) is 1.55. The summed E-state index contributed by atoms with van der Waals surface area (Å²) in [6.45, 7) is 7.44. The monoisotopic (exact) mass is 293 g/mol. The zero-order valence-electron chi connectivity index (χ0n) is 12.0. The summed E-state index contributed by atoms with van der Waals surface area (Å²) in [5, 5.41) is 5.36. The smallest absolute Gasteiger partial charge is 0.275 e. The molecule has 0 aliphatic carbocycles. The van der Waals surface area contributed by atoms with Gasteiger partial charge in [0.25, 0.3) is 5.56 Å². The Labute approximate surface area is 121 Å². The summed E-state index contributed by atoms with van der Waals surface area (Å²) in [6, 6.07) is 1.87. The SMILES string of the molecule is CC(C)C1CN(C)CCN1c1nn2c(=O)ccnc2s1. The molecule has 2 aromatic rings. The molecule has 0 N–H and O–H groups in total. The standard InChI is InChI=1S/C13H19N5OS/c1-9(2)10-8-16(3)6-7-17(10)13-15-18-11(19)4-5-14-12(18)20-13/h4-5,9-10H,6-8H2,1-3H3. The highest BCUT2D eigenvalue weighted by molar-refractivity contribution is 7.20. The maximum Gasteiger partial charge on any atom is 0.275 e. The molecule has 6 nitrogen and oxygen atoms in total. The molecule has 1 saturated heterocycles. The Hall–Kier alpha value is -1.47. The van der Waals surface area contributed by atoms with Crippen LogP contribution in [-0.2, 0) is 0 Å². The first-order valence-electron chi connectivity index (χ1n) is 6.86. The average Bonchev–Trinajstić information content (AvgIpc) is 2.84. The van der Waals surface area contributed by atoms with Crippen molar-refractivity contribution in [3.8, 4) is 0 Å². The summed E-state index contributed by atoms with van der Waals surface area (Å²) in [4.78, 5) is 21.3. The van der Waals surface area contributed by atoms with E-state index in [9.17, 15) is 4.79 Å². The van der Waals surface area contributed by atoms with Gasteiger partial charge in [-0.25, -0.2) is 4.98 Å². The molecular weight excluding hydrogens is 274 g/mol. The van der Waals surface area contributed by atoms with E-state index in [0.717, 1.165) is 24.8 Å². The molecule has 3 rings (SSSR count). The highest BCUT2D eigenvalue weighted by Crippen LogP contribution is 2.27. The van der Waals surface area contributed by atoms with Gasteiger partial charge in [0.2, 0.25) is 10.1 Å². The fourth-order valence-corrected chi connectivity index (χ4v) is 3.57. The average molecular weight is 293 g/mol. The van der Waals surface area contributed by atoms with Crippen molar-refractivity contribution in [3.63, 3.8) is 0 Å². The van der Waals surface area contributed by atoms with Crippen molar-refractivity contribution in [2.75, 3.05) is 31.6 Å². The Morgan fingerprint density at radius 2 is 2.20 bits per heavy atom. The lowest BCUT2D eigenvalue weighted by atomic mass is 10.0. The Balaban J connectivity index is 2.00. The van der Waals surface area contributed by atoms with E-state index >= 15 is 0 Å². The molecule has 0 spiro atoms. The van der Waals surface area contributed by atoms with Crippen LogP contribution in [0.5, 0.6) is 0 Å². The minimum Gasteiger partial charge on any atom is -0.341 e. The number of likely N-dealkylation sites (N-methyl/N-ethyl adjacent to an activating group) is 1. The molecule has 7 heteroatoms. The van der Waals surface area contributed by atoms with Crippen LogP contribution in [0.1, 0.15) is 13.8 Å². The van der Waals surface area contributed by atoms with Crippen molar-refractivity contribution >= 4 is 21.4 Å². The van der Waals surface area contributed by atoms with Crippen molar-refractivity contribution < 1.29 is 0 Å². The second-order valence-electron chi connectivity index (χ2n) is 5.63. The van der Waals surface area contributed by atoms with Gasteiger partial charge >= 0.3 is 0 Å². The van der Waals surface area contributed by atoms with Gasteiger partial charge in [0.1, 0.15) is 0 Å². The first-order valence-corrected chi connectivity index (χ1v) is 7.68. The number of nitrogens with zero attached hydrogens (tertiary/aromatic N) is 5. The van der Waals surface area contributed by atoms with Crippen molar-refractivity contribution in [2.24, 2.45) is 5.92 Å². The first-order chi connectivity index (χ1) is 9.56. The normalized spacial score (nSPS) is 21.0. The third-order valence-corrected chi connectivity index (χ3v) is 4.76. The molecule has 1 aliphatic rings. The van der Waals surface area contributed by atoms with Gasteiger partial charge in [-0.2, -0.15) is 4.52 Å². The van der Waals surface area contributed by atoms with E-state index in [1.165, 1.54) is 21.9 Å². The van der Waals surface area contributed by atoms with E-state index in [1.807, 2.05) is 0 Å². The molecule has 0 amide bonds. The summed E-state index contributed by atoms with van der Waals surface area (Å²) < 4.78 is 1.40. The number of rotatable bonds is 2. The fourth-order valence-electron chi connectivity index (χ4n) is 2.61. The molecule has 3 heterocycles. The molecule has 0 radical (unpaired) electrons. The van der Waals surface area contributed by atoms with E-state index in [0.29, 0.717) is 16.9 Å². The van der Waals surface area contributed by atoms with Gasteiger partial charge < -0.3 is 9.80 Å². The van der Waals surface area contributed by atoms with Crippen molar-refractivity contribution in [1.29, 1.82) is 0 Å². The second kappa shape index (κ2) is 5.14. The van der Waals surface area contributed by atoms with Gasteiger partial charge in [-0.05, 0) is 13.0 Å². The lowest BCUT2D eigenvalue weighted by Crippen LogP contribution is -2.54. The molecule has 1 fully saturated rings. The lowest BCUT2D eigenvalue weighted by Gasteiger charge is -2.41. The molecule has 0 aromatic carbocycles. The van der Waals surface area contributed by atoms with Crippen LogP contribution in [0.4, 0.5) is 5.13 Å². The number of aromatic nitrogens is 3. The van der Waals surface area contributed by atoms with E-state index in [2.05, 4.69) is 40.8 Å². The molecule has 20 heavy (non-hydrogen) atoms. The van der Waals surface area contributed by atoms with Crippen LogP contribution in [0.15, 0.2) is 17.1 Å². The number of hydrogen-bond donors (Lipinski definition) is 0. The summed E-state index contributed by atoms with van der Waals surface area (Å²) in [5.41, 5.74) is -0.118. The first kappa shape index (κ1) is 13.5. The summed E-state index contributed by atoms with van der Waals surface area (Å²) in [5.74, 6) is 0.537. The Morgan fingerprint density at radius 1 is 1.40 bits per heavy atom. The molecule has 108 valence electrons. The highest BCUT2D eigenvalue weighted by Gasteiger charge is 2.30. The minimum absolute atomic E-state index is 0.118. The van der Waals surface area contributed by atoms with Crippen LogP contribution in [0.2, 0.25) is 0 Å². The fraction of sp³-hybridized carbons (Fsp3) is 0.615. The zero-order valence-corrected chi connectivity index (χ0v) is 12.8. The van der Waals surface area contributed by atoms with Gasteiger partial charge in [-0.15, -0.1) is 5.10 Å². The van der Waals surface area contributed by atoms with E-state index in [-0.39, 0.29) is 5.56 Å². The maximum atomic E-state index is 11.8. The van der Waals surface area contributed by atoms with Crippen LogP contribution in [-0.4, -0.2) is 52.2 Å². The van der Waals surface area contributed by atoms with Crippen molar-refractivity contribution in [1.82, 2.24) is 19.5 Å². The Kier molecular flexibility index (Phi) is 3.47. The topological polar surface area (TPSA) is 53.7 Å². The van der Waals surface area contributed by atoms with Crippen LogP contribution >= 0.6 is 11.3 Å². The maximum absolute atomic E-state index is 11.8. The Bertz CT molecular complexity index is 664. The van der Waals surface area contributed by atoms with Crippen LogP contribution in [0, 0.1) is 5.92 Å². The summed E-state index contributed by atoms with van der Waals surface area (Å²) in [7, 11) is 2.15. The van der Waals surface area contributed by atoms with Crippen LogP contribution in [0.3, 0.4) is 0 Å². The van der Waals surface area contributed by atoms with Crippen molar-refractivity contribution in [3.05, 3.63) is 22.6 Å². The predicted molar refractivity (Wildman–Crippen MR) is 80.6 cm³/mol. The van der Waals surface area contributed by atoms with E-state index in [1.54, 1.807) is 6.20 Å². The molecule has 0 saturated carbocycles. The molecule has 1 atom stereocenters. The summed E-state index contributed by atoms with van der Waals surface area (Å²) >= 11 is 1.49. The van der Waals surface area contributed by atoms with E-state index < -0.39 is 0 Å². The van der Waals surface area contributed by atoms with Crippen LogP contribution < -0.4 is 10.5 Å². The van der Waals surface area contributed by atoms with E-state index in [4.69, 9.17) is 0 Å². The van der Waals surface area contributed by atoms with Gasteiger partial charge in [-0.1, -0.05) is 25.2 Å². The number of fused-ring (bicyclic) bond motifs is 1. The Morgan fingerprint density at radius 3 is 2.90 bits per heavy atom. The van der Waals surface area contributed by atoms with Crippen molar-refractivity contribution in [2.45, 2.75) is 19.9 Å². The highest BCUT2D eigenvalue weighted by atomic mass is 32.1. The quantitative estimate of drug-likeness (QED) is 0.824. The zero-order chi connectivity index (χ0) is 14.3.